The van der Waals surface area contributed by atoms with Gasteiger partial charge in [-0.2, -0.15) is 0 Å². The average Bonchev–Trinajstić information content (AvgIpc) is 2.66. The minimum absolute atomic E-state index is 0.602. The minimum Gasteiger partial charge on any atom is -0.364 e. The molecule has 0 amide bonds. The van der Waals surface area contributed by atoms with Crippen LogP contribution in [-0.4, -0.2) is 19.9 Å². The van der Waals surface area contributed by atoms with Crippen molar-refractivity contribution in [2.75, 3.05) is 5.32 Å². The Hall–Kier alpha value is -3.34. The van der Waals surface area contributed by atoms with Gasteiger partial charge in [0.05, 0.1) is 17.8 Å². The first-order valence-electron chi connectivity index (χ1n) is 8.14. The van der Waals surface area contributed by atoms with Crippen LogP contribution in [0.25, 0.3) is 22.4 Å². The molecule has 5 heteroatoms. The van der Waals surface area contributed by atoms with E-state index in [2.05, 4.69) is 20.3 Å². The summed E-state index contributed by atoms with van der Waals surface area (Å²) < 4.78 is 0. The summed E-state index contributed by atoms with van der Waals surface area (Å²) in [6.07, 6.45) is 1.75. The molecule has 3 heterocycles. The third-order valence-corrected chi connectivity index (χ3v) is 3.88. The highest BCUT2D eigenvalue weighted by Gasteiger charge is 2.10. The van der Waals surface area contributed by atoms with Gasteiger partial charge in [-0.25, -0.2) is 9.97 Å². The summed E-state index contributed by atoms with van der Waals surface area (Å²) >= 11 is 0. The maximum absolute atomic E-state index is 4.70. The van der Waals surface area contributed by atoms with Gasteiger partial charge in [-0.05, 0) is 43.3 Å². The van der Waals surface area contributed by atoms with E-state index in [9.17, 15) is 0 Å². The Morgan fingerprint density at radius 3 is 2.56 bits per heavy atom. The lowest BCUT2D eigenvalue weighted by Crippen LogP contribution is -2.06. The molecule has 0 fully saturated rings. The number of aromatic nitrogens is 4. The molecule has 0 aliphatic rings. The highest BCUT2D eigenvalue weighted by atomic mass is 15.0. The van der Waals surface area contributed by atoms with Crippen molar-refractivity contribution in [1.82, 2.24) is 19.9 Å². The molecule has 25 heavy (non-hydrogen) atoms. The Labute approximate surface area is 145 Å². The molecule has 1 N–H and O–H groups in total. The predicted molar refractivity (Wildman–Crippen MR) is 99.1 cm³/mol. The lowest BCUT2D eigenvalue weighted by Gasteiger charge is -2.10. The number of para-hydroxylation sites is 1. The summed E-state index contributed by atoms with van der Waals surface area (Å²) in [6.45, 7) is 2.59. The fourth-order valence-electron chi connectivity index (χ4n) is 2.69. The largest absolute Gasteiger partial charge is 0.364 e. The molecule has 3 aromatic heterocycles. The van der Waals surface area contributed by atoms with E-state index in [0.717, 1.165) is 33.8 Å². The van der Waals surface area contributed by atoms with E-state index in [1.54, 1.807) is 6.20 Å². The molecule has 0 unspecified atom stereocenters. The second-order valence-corrected chi connectivity index (χ2v) is 5.75. The van der Waals surface area contributed by atoms with Crippen LogP contribution < -0.4 is 5.32 Å². The molecule has 0 radical (unpaired) electrons. The normalized spacial score (nSPS) is 10.8. The van der Waals surface area contributed by atoms with Crippen LogP contribution in [0.5, 0.6) is 0 Å². The molecule has 122 valence electrons. The number of anilines is 1. The van der Waals surface area contributed by atoms with Crippen LogP contribution in [0.2, 0.25) is 0 Å². The quantitative estimate of drug-likeness (QED) is 0.613. The fraction of sp³-hybridized carbons (Fsp3) is 0.100. The van der Waals surface area contributed by atoms with Gasteiger partial charge in [-0.15, -0.1) is 0 Å². The number of fused-ring (bicyclic) bond motifs is 1. The van der Waals surface area contributed by atoms with Gasteiger partial charge in [0.15, 0.2) is 5.82 Å². The number of pyridine rings is 2. The first-order valence-corrected chi connectivity index (χ1v) is 8.14. The highest BCUT2D eigenvalue weighted by molar-refractivity contribution is 5.90. The van der Waals surface area contributed by atoms with Crippen molar-refractivity contribution in [1.29, 1.82) is 0 Å². The first kappa shape index (κ1) is 15.2. The van der Waals surface area contributed by atoms with E-state index >= 15 is 0 Å². The SMILES string of the molecule is Cc1cccc(CNc2nc(-c3ccccn3)nc3ccccc23)n1. The van der Waals surface area contributed by atoms with Crippen molar-refractivity contribution < 1.29 is 0 Å². The third-order valence-electron chi connectivity index (χ3n) is 3.88. The summed E-state index contributed by atoms with van der Waals surface area (Å²) in [5.41, 5.74) is 3.62. The van der Waals surface area contributed by atoms with E-state index < -0.39 is 0 Å². The zero-order chi connectivity index (χ0) is 17.1. The van der Waals surface area contributed by atoms with E-state index in [1.807, 2.05) is 67.6 Å². The highest BCUT2D eigenvalue weighted by Crippen LogP contribution is 2.24. The summed E-state index contributed by atoms with van der Waals surface area (Å²) in [4.78, 5) is 18.2. The van der Waals surface area contributed by atoms with E-state index in [0.29, 0.717) is 12.4 Å². The summed E-state index contributed by atoms with van der Waals surface area (Å²) in [5.74, 6) is 1.40. The Kier molecular flexibility index (Phi) is 4.04. The number of benzene rings is 1. The smallest absolute Gasteiger partial charge is 0.180 e. The molecule has 4 rings (SSSR count). The summed E-state index contributed by atoms with van der Waals surface area (Å²) in [5, 5.41) is 4.38. The lowest BCUT2D eigenvalue weighted by atomic mass is 10.2. The van der Waals surface area contributed by atoms with Crippen LogP contribution in [0, 0.1) is 6.92 Å². The minimum atomic E-state index is 0.602. The van der Waals surface area contributed by atoms with Gasteiger partial charge in [-0.1, -0.05) is 24.3 Å². The van der Waals surface area contributed by atoms with Gasteiger partial charge >= 0.3 is 0 Å². The van der Waals surface area contributed by atoms with Crippen molar-refractivity contribution in [3.63, 3.8) is 0 Å². The lowest BCUT2D eigenvalue weighted by molar-refractivity contribution is 1.00. The van der Waals surface area contributed by atoms with Gasteiger partial charge in [0.25, 0.3) is 0 Å². The molecule has 0 aliphatic heterocycles. The van der Waals surface area contributed by atoms with Crippen LogP contribution in [0.4, 0.5) is 5.82 Å². The van der Waals surface area contributed by atoms with Crippen LogP contribution in [0.3, 0.4) is 0 Å². The summed E-state index contributed by atoms with van der Waals surface area (Å²) in [6, 6.07) is 19.7. The molecule has 0 saturated carbocycles. The number of aryl methyl sites for hydroxylation is 1. The second-order valence-electron chi connectivity index (χ2n) is 5.75. The second kappa shape index (κ2) is 6.65. The third kappa shape index (κ3) is 3.30. The number of hydrogen-bond acceptors (Lipinski definition) is 5. The fourth-order valence-corrected chi connectivity index (χ4v) is 2.69. The maximum Gasteiger partial charge on any atom is 0.180 e. The van der Waals surface area contributed by atoms with Crippen LogP contribution in [0.15, 0.2) is 66.9 Å². The van der Waals surface area contributed by atoms with Gasteiger partial charge < -0.3 is 5.32 Å². The van der Waals surface area contributed by atoms with E-state index in [1.165, 1.54) is 0 Å². The number of nitrogens with one attached hydrogen (secondary N) is 1. The Morgan fingerprint density at radius 2 is 1.72 bits per heavy atom. The van der Waals surface area contributed by atoms with Gasteiger partial charge in [-0.3, -0.25) is 9.97 Å². The molecule has 1 aromatic carbocycles. The molecule has 5 nitrogen and oxygen atoms in total. The van der Waals surface area contributed by atoms with E-state index in [-0.39, 0.29) is 0 Å². The van der Waals surface area contributed by atoms with Crippen molar-refractivity contribution >= 4 is 16.7 Å². The Balaban J connectivity index is 1.73. The van der Waals surface area contributed by atoms with Crippen molar-refractivity contribution in [3.05, 3.63) is 78.2 Å². The van der Waals surface area contributed by atoms with Crippen LogP contribution >= 0.6 is 0 Å². The van der Waals surface area contributed by atoms with E-state index in [4.69, 9.17) is 4.98 Å². The van der Waals surface area contributed by atoms with Gasteiger partial charge in [0.2, 0.25) is 0 Å². The Bertz CT molecular complexity index is 1010. The summed E-state index contributed by atoms with van der Waals surface area (Å²) in [7, 11) is 0. The monoisotopic (exact) mass is 327 g/mol. The number of rotatable bonds is 4. The number of hydrogen-bond donors (Lipinski definition) is 1. The molecule has 0 aliphatic carbocycles. The van der Waals surface area contributed by atoms with Gasteiger partial charge in [0, 0.05) is 17.3 Å². The van der Waals surface area contributed by atoms with Crippen molar-refractivity contribution in [2.24, 2.45) is 0 Å². The Morgan fingerprint density at radius 1 is 0.840 bits per heavy atom. The molecule has 0 bridgehead atoms. The van der Waals surface area contributed by atoms with Crippen LogP contribution in [0.1, 0.15) is 11.4 Å². The predicted octanol–water partition coefficient (Wildman–Crippen LogP) is 4.01. The van der Waals surface area contributed by atoms with Crippen molar-refractivity contribution in [3.8, 4) is 11.5 Å². The topological polar surface area (TPSA) is 63.6 Å². The molecule has 0 saturated heterocycles. The van der Waals surface area contributed by atoms with Gasteiger partial charge in [0.1, 0.15) is 11.5 Å². The molecule has 0 atom stereocenters. The van der Waals surface area contributed by atoms with Crippen LogP contribution in [-0.2, 0) is 6.54 Å². The standard InChI is InChI=1S/C20H17N5/c1-14-7-6-8-15(23-14)13-22-19-16-9-2-3-10-17(16)24-20(25-19)18-11-4-5-12-21-18/h2-12H,13H2,1H3,(H,22,24,25). The molecular weight excluding hydrogens is 310 g/mol. The molecular formula is C20H17N5. The molecule has 4 aromatic rings. The first-order chi connectivity index (χ1) is 12.3. The number of nitrogens with zero attached hydrogens (tertiary/aromatic N) is 4. The maximum atomic E-state index is 4.70. The zero-order valence-electron chi connectivity index (χ0n) is 13.8. The zero-order valence-corrected chi connectivity index (χ0v) is 13.8. The average molecular weight is 327 g/mol. The van der Waals surface area contributed by atoms with Crippen molar-refractivity contribution in [2.45, 2.75) is 13.5 Å². The molecule has 0 spiro atoms.